The monoisotopic (exact) mass is 260 g/mol. The van der Waals surface area contributed by atoms with E-state index < -0.39 is 5.41 Å². The Kier molecular flexibility index (Phi) is 4.94. The summed E-state index contributed by atoms with van der Waals surface area (Å²) >= 11 is 0. The average Bonchev–Trinajstić information content (AvgIpc) is 2.38. The molecule has 4 heteroatoms. The summed E-state index contributed by atoms with van der Waals surface area (Å²) in [4.78, 5) is 12.4. The highest BCUT2D eigenvalue weighted by Crippen LogP contribution is 2.33. The number of benzene rings is 1. The van der Waals surface area contributed by atoms with E-state index in [0.717, 1.165) is 6.42 Å². The number of hydrogen-bond acceptors (Lipinski definition) is 3. The Bertz CT molecular complexity index is 474. The number of carbonyl (C=O) groups is 1. The number of rotatable bonds is 5. The highest BCUT2D eigenvalue weighted by molar-refractivity contribution is 5.97. The van der Waals surface area contributed by atoms with E-state index in [2.05, 4.69) is 11.4 Å². The average molecular weight is 260 g/mol. The van der Waals surface area contributed by atoms with E-state index in [1.807, 2.05) is 20.8 Å². The summed E-state index contributed by atoms with van der Waals surface area (Å²) < 4.78 is 0. The van der Waals surface area contributed by atoms with Crippen LogP contribution in [0.3, 0.4) is 0 Å². The van der Waals surface area contributed by atoms with Crippen LogP contribution in [-0.4, -0.2) is 11.0 Å². The molecule has 0 aliphatic rings. The summed E-state index contributed by atoms with van der Waals surface area (Å²) in [6.07, 6.45) is 1.31. The summed E-state index contributed by atoms with van der Waals surface area (Å²) in [6.45, 7) is 5.73. The summed E-state index contributed by atoms with van der Waals surface area (Å²) in [5.41, 5.74) is -0.425. The number of nitriles is 1. The topological polar surface area (TPSA) is 73.1 Å². The molecule has 1 aromatic carbocycles. The molecule has 0 aliphatic carbocycles. The Labute approximate surface area is 114 Å². The molecule has 4 nitrogen and oxygen atoms in total. The standard InChI is InChI=1S/C15H20N2O2/c1-4-9-15(10-16,11(2)3)14(19)17-12-5-7-13(18)8-6-12/h5-8,11,18H,4,9H2,1-3H3,(H,17,19). The van der Waals surface area contributed by atoms with Crippen molar-refractivity contribution in [2.24, 2.45) is 11.3 Å². The van der Waals surface area contributed by atoms with Gasteiger partial charge in [-0.3, -0.25) is 4.79 Å². The summed E-state index contributed by atoms with van der Waals surface area (Å²) in [5.74, 6) is -0.200. The van der Waals surface area contributed by atoms with Gasteiger partial charge in [0.05, 0.1) is 6.07 Å². The van der Waals surface area contributed by atoms with Crippen LogP contribution in [0.15, 0.2) is 24.3 Å². The van der Waals surface area contributed by atoms with E-state index in [9.17, 15) is 15.2 Å². The molecule has 1 rings (SSSR count). The predicted octanol–water partition coefficient (Wildman–Crippen LogP) is 3.30. The number of hydrogen-bond donors (Lipinski definition) is 2. The maximum absolute atomic E-state index is 12.4. The SMILES string of the molecule is CCCC(C#N)(C(=O)Nc1ccc(O)cc1)C(C)C. The molecule has 0 radical (unpaired) electrons. The zero-order valence-electron chi connectivity index (χ0n) is 11.6. The Morgan fingerprint density at radius 3 is 2.42 bits per heavy atom. The molecule has 1 atom stereocenters. The van der Waals surface area contributed by atoms with Gasteiger partial charge in [-0.2, -0.15) is 5.26 Å². The first kappa shape index (κ1) is 15.0. The number of nitrogens with one attached hydrogen (secondary N) is 1. The first-order valence-electron chi connectivity index (χ1n) is 6.48. The van der Waals surface area contributed by atoms with Crippen molar-refractivity contribution in [1.82, 2.24) is 0 Å². The first-order valence-corrected chi connectivity index (χ1v) is 6.48. The van der Waals surface area contributed by atoms with Crippen molar-refractivity contribution in [2.45, 2.75) is 33.6 Å². The van der Waals surface area contributed by atoms with E-state index in [0.29, 0.717) is 12.1 Å². The summed E-state index contributed by atoms with van der Waals surface area (Å²) in [6, 6.07) is 8.41. The molecule has 0 saturated carbocycles. The normalized spacial score (nSPS) is 13.6. The lowest BCUT2D eigenvalue weighted by Crippen LogP contribution is -2.39. The fourth-order valence-electron chi connectivity index (χ4n) is 2.08. The number of amides is 1. The van der Waals surface area contributed by atoms with Gasteiger partial charge in [-0.15, -0.1) is 0 Å². The molecule has 0 spiro atoms. The molecule has 0 saturated heterocycles. The van der Waals surface area contributed by atoms with Crippen LogP contribution in [0, 0.1) is 22.7 Å². The number of carbonyl (C=O) groups excluding carboxylic acids is 1. The van der Waals surface area contributed by atoms with Gasteiger partial charge >= 0.3 is 0 Å². The van der Waals surface area contributed by atoms with E-state index in [1.54, 1.807) is 12.1 Å². The molecule has 19 heavy (non-hydrogen) atoms. The van der Waals surface area contributed by atoms with Gasteiger partial charge in [0.25, 0.3) is 0 Å². The highest BCUT2D eigenvalue weighted by atomic mass is 16.3. The third kappa shape index (κ3) is 3.25. The zero-order chi connectivity index (χ0) is 14.5. The quantitative estimate of drug-likeness (QED) is 0.798. The molecule has 0 fully saturated rings. The maximum Gasteiger partial charge on any atom is 0.245 e. The second kappa shape index (κ2) is 6.24. The van der Waals surface area contributed by atoms with Crippen LogP contribution in [0.4, 0.5) is 5.69 Å². The van der Waals surface area contributed by atoms with Gasteiger partial charge in [-0.05, 0) is 36.6 Å². The van der Waals surface area contributed by atoms with Crippen molar-refractivity contribution in [3.63, 3.8) is 0 Å². The molecular weight excluding hydrogens is 240 g/mol. The van der Waals surface area contributed by atoms with E-state index in [4.69, 9.17) is 0 Å². The molecule has 1 unspecified atom stereocenters. The molecule has 1 amide bonds. The van der Waals surface area contributed by atoms with Crippen LogP contribution in [-0.2, 0) is 4.79 Å². The van der Waals surface area contributed by atoms with Gasteiger partial charge in [0.15, 0.2) is 0 Å². The number of anilines is 1. The Morgan fingerprint density at radius 1 is 1.42 bits per heavy atom. The van der Waals surface area contributed by atoms with Crippen LogP contribution >= 0.6 is 0 Å². The smallest absolute Gasteiger partial charge is 0.245 e. The second-order valence-electron chi connectivity index (χ2n) is 4.99. The minimum atomic E-state index is -1.01. The molecule has 0 aromatic heterocycles. The number of nitrogens with zero attached hydrogens (tertiary/aromatic N) is 1. The summed E-state index contributed by atoms with van der Waals surface area (Å²) in [5, 5.41) is 21.4. The third-order valence-electron chi connectivity index (χ3n) is 3.36. The largest absolute Gasteiger partial charge is 0.508 e. The maximum atomic E-state index is 12.4. The van der Waals surface area contributed by atoms with Gasteiger partial charge in [0, 0.05) is 5.69 Å². The fraction of sp³-hybridized carbons (Fsp3) is 0.467. The van der Waals surface area contributed by atoms with Crippen LogP contribution in [0.25, 0.3) is 0 Å². The third-order valence-corrected chi connectivity index (χ3v) is 3.36. The molecular formula is C15H20N2O2. The van der Waals surface area contributed by atoms with E-state index in [1.165, 1.54) is 12.1 Å². The molecule has 0 bridgehead atoms. The van der Waals surface area contributed by atoms with Crippen molar-refractivity contribution in [1.29, 1.82) is 5.26 Å². The lowest BCUT2D eigenvalue weighted by atomic mass is 9.74. The lowest BCUT2D eigenvalue weighted by Gasteiger charge is -2.28. The van der Waals surface area contributed by atoms with Crippen molar-refractivity contribution < 1.29 is 9.90 Å². The van der Waals surface area contributed by atoms with Crippen molar-refractivity contribution in [2.75, 3.05) is 5.32 Å². The lowest BCUT2D eigenvalue weighted by molar-refractivity contribution is -0.125. The Hall–Kier alpha value is -2.02. The van der Waals surface area contributed by atoms with Gasteiger partial charge < -0.3 is 10.4 Å². The first-order chi connectivity index (χ1) is 8.96. The molecule has 102 valence electrons. The van der Waals surface area contributed by atoms with Crippen LogP contribution in [0.5, 0.6) is 5.75 Å². The molecule has 2 N–H and O–H groups in total. The minimum absolute atomic E-state index is 0.0606. The molecule has 0 aliphatic heterocycles. The van der Waals surface area contributed by atoms with Crippen molar-refractivity contribution in [3.05, 3.63) is 24.3 Å². The predicted molar refractivity (Wildman–Crippen MR) is 74.5 cm³/mol. The zero-order valence-corrected chi connectivity index (χ0v) is 11.6. The van der Waals surface area contributed by atoms with E-state index >= 15 is 0 Å². The molecule has 0 heterocycles. The van der Waals surface area contributed by atoms with E-state index in [-0.39, 0.29) is 17.6 Å². The fourth-order valence-corrected chi connectivity index (χ4v) is 2.08. The highest BCUT2D eigenvalue weighted by Gasteiger charge is 2.41. The van der Waals surface area contributed by atoms with Crippen molar-refractivity contribution >= 4 is 11.6 Å². The van der Waals surface area contributed by atoms with Gasteiger partial charge in [-0.25, -0.2) is 0 Å². The number of phenolic OH excluding ortho intramolecular Hbond substituents is 1. The second-order valence-corrected chi connectivity index (χ2v) is 4.99. The van der Waals surface area contributed by atoms with Gasteiger partial charge in [0.1, 0.15) is 11.2 Å². The Morgan fingerprint density at radius 2 is 2.00 bits per heavy atom. The minimum Gasteiger partial charge on any atom is -0.508 e. The van der Waals surface area contributed by atoms with Gasteiger partial charge in [-0.1, -0.05) is 27.2 Å². The van der Waals surface area contributed by atoms with Crippen LogP contribution < -0.4 is 5.32 Å². The van der Waals surface area contributed by atoms with Crippen LogP contribution in [0.2, 0.25) is 0 Å². The molecule has 1 aromatic rings. The van der Waals surface area contributed by atoms with Gasteiger partial charge in [0.2, 0.25) is 5.91 Å². The number of aromatic hydroxyl groups is 1. The van der Waals surface area contributed by atoms with Crippen molar-refractivity contribution in [3.8, 4) is 11.8 Å². The summed E-state index contributed by atoms with van der Waals surface area (Å²) in [7, 11) is 0. The Balaban J connectivity index is 2.95. The number of phenols is 1. The van der Waals surface area contributed by atoms with Crippen LogP contribution in [0.1, 0.15) is 33.6 Å².